The van der Waals surface area contributed by atoms with Crippen LogP contribution in [0.15, 0.2) is 18.2 Å². The number of rotatable bonds is 7. The van der Waals surface area contributed by atoms with Gasteiger partial charge in [0, 0.05) is 27.1 Å². The Hall–Kier alpha value is 0.110. The van der Waals surface area contributed by atoms with Crippen molar-refractivity contribution in [2.24, 2.45) is 0 Å². The van der Waals surface area contributed by atoms with Gasteiger partial charge in [-0.15, -0.1) is 0 Å². The standard InChI is InChI=1S/C16H23Cl2NS/c1-2-19-12(11-20-13-6-3-4-7-13)10-14-15(17)8-5-9-16(14)18/h5,8-9,12-13,19H,2-4,6-7,10-11H2,1H3. The Balaban J connectivity index is 1.93. The minimum absolute atomic E-state index is 0.447. The molecule has 0 aromatic heterocycles. The molecule has 1 aliphatic carbocycles. The molecule has 112 valence electrons. The van der Waals surface area contributed by atoms with Crippen LogP contribution in [0.3, 0.4) is 0 Å². The number of likely N-dealkylation sites (N-methyl/N-ethyl adjacent to an activating group) is 1. The predicted octanol–water partition coefficient (Wildman–Crippen LogP) is 5.19. The zero-order valence-corrected chi connectivity index (χ0v) is 14.3. The van der Waals surface area contributed by atoms with E-state index in [9.17, 15) is 0 Å². The molecule has 1 N–H and O–H groups in total. The molecule has 1 aliphatic rings. The van der Waals surface area contributed by atoms with Gasteiger partial charge in [0.1, 0.15) is 0 Å². The zero-order valence-electron chi connectivity index (χ0n) is 12.0. The summed E-state index contributed by atoms with van der Waals surface area (Å²) in [5, 5.41) is 6.00. The zero-order chi connectivity index (χ0) is 14.4. The Morgan fingerprint density at radius 2 is 1.90 bits per heavy atom. The molecular weight excluding hydrogens is 309 g/mol. The van der Waals surface area contributed by atoms with E-state index in [4.69, 9.17) is 23.2 Å². The highest BCUT2D eigenvalue weighted by molar-refractivity contribution is 7.99. The molecule has 1 atom stereocenters. The third kappa shape index (κ3) is 4.84. The van der Waals surface area contributed by atoms with Crippen LogP contribution in [0.25, 0.3) is 0 Å². The fourth-order valence-corrected chi connectivity index (χ4v) is 4.72. The number of hydrogen-bond donors (Lipinski definition) is 1. The first-order valence-electron chi connectivity index (χ1n) is 7.48. The SMILES string of the molecule is CCNC(CSC1CCCC1)Cc1c(Cl)cccc1Cl. The summed E-state index contributed by atoms with van der Waals surface area (Å²) in [7, 11) is 0. The summed E-state index contributed by atoms with van der Waals surface area (Å²) in [5.74, 6) is 1.14. The molecule has 1 unspecified atom stereocenters. The topological polar surface area (TPSA) is 12.0 Å². The van der Waals surface area contributed by atoms with E-state index in [1.807, 2.05) is 18.2 Å². The number of thioether (sulfide) groups is 1. The molecule has 20 heavy (non-hydrogen) atoms. The summed E-state index contributed by atoms with van der Waals surface area (Å²) in [6.45, 7) is 3.14. The average Bonchev–Trinajstić information content (AvgIpc) is 2.93. The summed E-state index contributed by atoms with van der Waals surface area (Å²) in [6.07, 6.45) is 6.48. The lowest BCUT2D eigenvalue weighted by atomic mass is 10.1. The van der Waals surface area contributed by atoms with Crippen molar-refractivity contribution in [3.63, 3.8) is 0 Å². The average molecular weight is 332 g/mol. The highest BCUT2D eigenvalue weighted by Gasteiger charge is 2.19. The van der Waals surface area contributed by atoms with Gasteiger partial charge in [-0.1, -0.05) is 49.0 Å². The van der Waals surface area contributed by atoms with Gasteiger partial charge in [-0.25, -0.2) is 0 Å². The monoisotopic (exact) mass is 331 g/mol. The van der Waals surface area contributed by atoms with Crippen LogP contribution in [0.2, 0.25) is 10.0 Å². The van der Waals surface area contributed by atoms with E-state index in [0.29, 0.717) is 6.04 Å². The van der Waals surface area contributed by atoms with Gasteiger partial charge in [-0.3, -0.25) is 0 Å². The first kappa shape index (κ1) is 16.5. The molecule has 0 radical (unpaired) electrons. The summed E-state index contributed by atoms with van der Waals surface area (Å²) in [6, 6.07) is 6.21. The van der Waals surface area contributed by atoms with Crippen molar-refractivity contribution in [2.45, 2.75) is 50.3 Å². The van der Waals surface area contributed by atoms with E-state index in [1.54, 1.807) is 0 Å². The minimum Gasteiger partial charge on any atom is -0.313 e. The van der Waals surface area contributed by atoms with E-state index in [-0.39, 0.29) is 0 Å². The minimum atomic E-state index is 0.447. The van der Waals surface area contributed by atoms with E-state index >= 15 is 0 Å². The predicted molar refractivity (Wildman–Crippen MR) is 92.3 cm³/mol. The van der Waals surface area contributed by atoms with Crippen LogP contribution in [-0.2, 0) is 6.42 Å². The molecule has 0 amide bonds. The molecule has 0 saturated heterocycles. The van der Waals surface area contributed by atoms with E-state index in [0.717, 1.165) is 39.6 Å². The van der Waals surface area contributed by atoms with Crippen LogP contribution < -0.4 is 5.32 Å². The van der Waals surface area contributed by atoms with E-state index < -0.39 is 0 Å². The lowest BCUT2D eigenvalue weighted by Gasteiger charge is -2.21. The van der Waals surface area contributed by atoms with Crippen molar-refractivity contribution in [1.82, 2.24) is 5.32 Å². The molecule has 0 heterocycles. The summed E-state index contributed by atoms with van der Waals surface area (Å²) >= 11 is 14.7. The lowest BCUT2D eigenvalue weighted by Crippen LogP contribution is -2.34. The van der Waals surface area contributed by atoms with E-state index in [1.165, 1.54) is 25.7 Å². The van der Waals surface area contributed by atoms with Crippen LogP contribution in [-0.4, -0.2) is 23.6 Å². The highest BCUT2D eigenvalue weighted by atomic mass is 35.5. The second-order valence-electron chi connectivity index (χ2n) is 5.40. The van der Waals surface area contributed by atoms with Gasteiger partial charge in [0.05, 0.1) is 0 Å². The van der Waals surface area contributed by atoms with Gasteiger partial charge < -0.3 is 5.32 Å². The van der Waals surface area contributed by atoms with Crippen molar-refractivity contribution < 1.29 is 0 Å². The Morgan fingerprint density at radius 1 is 1.25 bits per heavy atom. The van der Waals surface area contributed by atoms with Crippen molar-refractivity contribution in [1.29, 1.82) is 0 Å². The first-order valence-corrected chi connectivity index (χ1v) is 9.29. The maximum atomic E-state index is 6.28. The van der Waals surface area contributed by atoms with Crippen LogP contribution in [0, 0.1) is 0 Å². The van der Waals surface area contributed by atoms with Crippen LogP contribution >= 0.6 is 35.0 Å². The van der Waals surface area contributed by atoms with Crippen molar-refractivity contribution in [3.05, 3.63) is 33.8 Å². The largest absolute Gasteiger partial charge is 0.313 e. The molecule has 1 nitrogen and oxygen atoms in total. The third-order valence-corrected chi connectivity index (χ3v) is 6.09. The van der Waals surface area contributed by atoms with Crippen LogP contribution in [0.5, 0.6) is 0 Å². The van der Waals surface area contributed by atoms with Gasteiger partial charge >= 0.3 is 0 Å². The van der Waals surface area contributed by atoms with Gasteiger partial charge in [0.2, 0.25) is 0 Å². The third-order valence-electron chi connectivity index (χ3n) is 3.84. The molecule has 0 bridgehead atoms. The van der Waals surface area contributed by atoms with Crippen LogP contribution in [0.1, 0.15) is 38.2 Å². The Bertz CT molecular complexity index is 399. The quantitative estimate of drug-likeness (QED) is 0.737. The van der Waals surface area contributed by atoms with Gasteiger partial charge in [0.15, 0.2) is 0 Å². The Kier molecular flexibility index (Phi) is 7.03. The summed E-state index contributed by atoms with van der Waals surface area (Å²) < 4.78 is 0. The van der Waals surface area contributed by atoms with E-state index in [2.05, 4.69) is 24.0 Å². The molecule has 2 rings (SSSR count). The Morgan fingerprint density at radius 3 is 2.50 bits per heavy atom. The summed E-state index contributed by atoms with van der Waals surface area (Å²) in [5.41, 5.74) is 1.08. The molecule has 0 spiro atoms. The van der Waals surface area contributed by atoms with Gasteiger partial charge in [-0.05, 0) is 43.5 Å². The maximum Gasteiger partial charge on any atom is 0.0453 e. The Labute approximate surface area is 136 Å². The summed E-state index contributed by atoms with van der Waals surface area (Å²) in [4.78, 5) is 0. The number of halogens is 2. The number of benzene rings is 1. The molecule has 1 saturated carbocycles. The van der Waals surface area contributed by atoms with Crippen molar-refractivity contribution in [2.75, 3.05) is 12.3 Å². The number of nitrogens with one attached hydrogen (secondary N) is 1. The highest BCUT2D eigenvalue weighted by Crippen LogP contribution is 2.31. The number of hydrogen-bond acceptors (Lipinski definition) is 2. The fourth-order valence-electron chi connectivity index (χ4n) is 2.76. The second-order valence-corrected chi connectivity index (χ2v) is 7.55. The molecule has 1 aromatic rings. The van der Waals surface area contributed by atoms with Crippen molar-refractivity contribution in [3.8, 4) is 0 Å². The first-order chi connectivity index (χ1) is 9.70. The molecule has 1 fully saturated rings. The normalized spacial score (nSPS) is 17.6. The molecule has 4 heteroatoms. The van der Waals surface area contributed by atoms with Gasteiger partial charge in [0.25, 0.3) is 0 Å². The molecule has 0 aliphatic heterocycles. The molecular formula is C16H23Cl2NS. The van der Waals surface area contributed by atoms with Crippen molar-refractivity contribution >= 4 is 35.0 Å². The van der Waals surface area contributed by atoms with Crippen LogP contribution in [0.4, 0.5) is 0 Å². The lowest BCUT2D eigenvalue weighted by molar-refractivity contribution is 0.572. The fraction of sp³-hybridized carbons (Fsp3) is 0.625. The smallest absolute Gasteiger partial charge is 0.0453 e. The molecule has 1 aromatic carbocycles. The van der Waals surface area contributed by atoms with Gasteiger partial charge in [-0.2, -0.15) is 11.8 Å². The maximum absolute atomic E-state index is 6.28. The second kappa shape index (κ2) is 8.53.